The summed E-state index contributed by atoms with van der Waals surface area (Å²) in [5.41, 5.74) is 2.62. The molecule has 0 unspecified atom stereocenters. The number of carbonyl (C=O) groups is 1. The van der Waals surface area contributed by atoms with Gasteiger partial charge in [0.1, 0.15) is 5.82 Å². The molecule has 0 radical (unpaired) electrons. The van der Waals surface area contributed by atoms with Gasteiger partial charge in [-0.25, -0.2) is 9.37 Å². The molecule has 3 heterocycles. The molecule has 0 bridgehead atoms. The summed E-state index contributed by atoms with van der Waals surface area (Å²) in [5, 5.41) is 8.60. The molecule has 24 heavy (non-hydrogen) atoms. The molecule has 2 aliphatic rings. The number of nitrogens with zero attached hydrogens (tertiary/aromatic N) is 1. The Hall–Kier alpha value is -1.99. The summed E-state index contributed by atoms with van der Waals surface area (Å²) in [6.07, 6.45) is 3.47. The zero-order valence-electron chi connectivity index (χ0n) is 13.1. The largest absolute Gasteiger partial charge is 0.376 e. The zero-order chi connectivity index (χ0) is 16.5. The van der Waals surface area contributed by atoms with Crippen molar-refractivity contribution in [1.82, 2.24) is 4.98 Å². The highest BCUT2D eigenvalue weighted by atomic mass is 32.1. The van der Waals surface area contributed by atoms with Gasteiger partial charge in [-0.05, 0) is 37.0 Å². The molecule has 1 atom stereocenters. The van der Waals surface area contributed by atoms with Crippen LogP contribution < -0.4 is 10.6 Å². The number of anilines is 2. The first-order chi connectivity index (χ1) is 11.7. The molecule has 7 heteroatoms. The Labute approximate surface area is 143 Å². The number of amides is 1. The molecule has 0 aliphatic carbocycles. The fourth-order valence-corrected chi connectivity index (χ4v) is 3.80. The van der Waals surface area contributed by atoms with Crippen molar-refractivity contribution < 1.29 is 13.9 Å². The molecule has 1 aromatic carbocycles. The molecule has 1 fully saturated rings. The lowest BCUT2D eigenvalue weighted by Gasteiger charge is -2.17. The summed E-state index contributed by atoms with van der Waals surface area (Å²) < 4.78 is 20.0. The van der Waals surface area contributed by atoms with Crippen LogP contribution in [0.15, 0.2) is 17.5 Å². The minimum absolute atomic E-state index is 0.0658. The van der Waals surface area contributed by atoms with E-state index in [2.05, 4.69) is 15.6 Å². The Morgan fingerprint density at radius 1 is 1.42 bits per heavy atom. The Bertz CT molecular complexity index is 771. The standard InChI is InChI=1S/C17H18FN3O2S/c18-13-7-14-10(3-4-16(22)20-14)6-12(13)15-9-24-17(21-15)19-8-11-2-1-5-23-11/h6-7,9,11H,1-5,8H2,(H,19,21)(H,20,22)/t11-/m1/s1. The third-order valence-corrected chi connectivity index (χ3v) is 5.17. The Morgan fingerprint density at radius 2 is 2.33 bits per heavy atom. The van der Waals surface area contributed by atoms with Gasteiger partial charge in [0, 0.05) is 36.2 Å². The molecule has 0 saturated carbocycles. The smallest absolute Gasteiger partial charge is 0.224 e. The van der Waals surface area contributed by atoms with Gasteiger partial charge in [0.2, 0.25) is 5.91 Å². The molecule has 2 aromatic rings. The lowest BCUT2D eigenvalue weighted by Crippen LogP contribution is -2.19. The van der Waals surface area contributed by atoms with E-state index < -0.39 is 0 Å². The molecule has 2 N–H and O–H groups in total. The van der Waals surface area contributed by atoms with E-state index in [1.165, 1.54) is 17.4 Å². The molecular formula is C17H18FN3O2S. The Balaban J connectivity index is 1.52. The number of hydrogen-bond donors (Lipinski definition) is 2. The van der Waals surface area contributed by atoms with Crippen LogP contribution in [0.4, 0.5) is 15.2 Å². The number of thiazole rings is 1. The first-order valence-electron chi connectivity index (χ1n) is 8.13. The normalized spacial score (nSPS) is 19.9. The number of rotatable bonds is 4. The third-order valence-electron chi connectivity index (χ3n) is 4.37. The summed E-state index contributed by atoms with van der Waals surface area (Å²) >= 11 is 1.46. The lowest BCUT2D eigenvalue weighted by molar-refractivity contribution is -0.116. The van der Waals surface area contributed by atoms with Crippen LogP contribution in [0.2, 0.25) is 0 Å². The molecular weight excluding hydrogens is 329 g/mol. The van der Waals surface area contributed by atoms with E-state index in [0.29, 0.717) is 29.8 Å². The minimum Gasteiger partial charge on any atom is -0.376 e. The van der Waals surface area contributed by atoms with Crippen LogP contribution >= 0.6 is 11.3 Å². The van der Waals surface area contributed by atoms with Crippen LogP contribution in [-0.4, -0.2) is 30.1 Å². The second-order valence-electron chi connectivity index (χ2n) is 6.09. The van der Waals surface area contributed by atoms with Crippen molar-refractivity contribution in [2.75, 3.05) is 23.8 Å². The highest BCUT2D eigenvalue weighted by molar-refractivity contribution is 7.14. The summed E-state index contributed by atoms with van der Waals surface area (Å²) in [5.74, 6) is -0.434. The van der Waals surface area contributed by atoms with E-state index in [-0.39, 0.29) is 17.8 Å². The molecule has 4 rings (SSSR count). The fraction of sp³-hybridized carbons (Fsp3) is 0.412. The topological polar surface area (TPSA) is 63.2 Å². The second-order valence-corrected chi connectivity index (χ2v) is 6.95. The number of hydrogen-bond acceptors (Lipinski definition) is 5. The van der Waals surface area contributed by atoms with Gasteiger partial charge in [-0.3, -0.25) is 4.79 Å². The Morgan fingerprint density at radius 3 is 3.17 bits per heavy atom. The van der Waals surface area contributed by atoms with Crippen molar-refractivity contribution in [3.63, 3.8) is 0 Å². The van der Waals surface area contributed by atoms with Gasteiger partial charge in [0.25, 0.3) is 0 Å². The number of aryl methyl sites for hydroxylation is 1. The van der Waals surface area contributed by atoms with Gasteiger partial charge >= 0.3 is 0 Å². The molecule has 0 spiro atoms. The average molecular weight is 347 g/mol. The summed E-state index contributed by atoms with van der Waals surface area (Å²) in [4.78, 5) is 15.9. The van der Waals surface area contributed by atoms with E-state index in [4.69, 9.17) is 4.74 Å². The second kappa shape index (κ2) is 6.49. The van der Waals surface area contributed by atoms with Gasteiger partial charge in [0.05, 0.1) is 11.8 Å². The number of nitrogens with one attached hydrogen (secondary N) is 2. The van der Waals surface area contributed by atoms with E-state index in [1.54, 1.807) is 6.07 Å². The lowest BCUT2D eigenvalue weighted by atomic mass is 9.99. The maximum atomic E-state index is 14.4. The van der Waals surface area contributed by atoms with Crippen molar-refractivity contribution in [3.05, 3.63) is 28.9 Å². The van der Waals surface area contributed by atoms with Crippen LogP contribution in [0, 0.1) is 5.82 Å². The first kappa shape index (κ1) is 15.5. The highest BCUT2D eigenvalue weighted by Crippen LogP contribution is 2.33. The van der Waals surface area contributed by atoms with Crippen molar-refractivity contribution in [3.8, 4) is 11.3 Å². The molecule has 1 saturated heterocycles. The molecule has 1 amide bonds. The number of benzene rings is 1. The molecule has 126 valence electrons. The predicted octanol–water partition coefficient (Wildman–Crippen LogP) is 3.42. The van der Waals surface area contributed by atoms with Crippen molar-refractivity contribution in [2.24, 2.45) is 0 Å². The predicted molar refractivity (Wildman–Crippen MR) is 91.9 cm³/mol. The number of carbonyl (C=O) groups excluding carboxylic acids is 1. The van der Waals surface area contributed by atoms with Crippen molar-refractivity contribution >= 4 is 28.1 Å². The van der Waals surface area contributed by atoms with Gasteiger partial charge < -0.3 is 15.4 Å². The maximum absolute atomic E-state index is 14.4. The van der Waals surface area contributed by atoms with Gasteiger partial charge in [-0.1, -0.05) is 0 Å². The molecule has 2 aliphatic heterocycles. The van der Waals surface area contributed by atoms with Crippen LogP contribution in [0.25, 0.3) is 11.3 Å². The zero-order valence-corrected chi connectivity index (χ0v) is 13.9. The van der Waals surface area contributed by atoms with Gasteiger partial charge in [-0.2, -0.15) is 0 Å². The first-order valence-corrected chi connectivity index (χ1v) is 9.00. The van der Waals surface area contributed by atoms with Crippen molar-refractivity contribution in [2.45, 2.75) is 31.8 Å². The maximum Gasteiger partial charge on any atom is 0.224 e. The van der Waals surface area contributed by atoms with Crippen LogP contribution in [0.3, 0.4) is 0 Å². The number of aromatic nitrogens is 1. The fourth-order valence-electron chi connectivity index (χ4n) is 3.08. The Kier molecular flexibility index (Phi) is 4.20. The van der Waals surface area contributed by atoms with Crippen LogP contribution in [-0.2, 0) is 16.0 Å². The molecule has 1 aromatic heterocycles. The number of fused-ring (bicyclic) bond motifs is 1. The molecule has 5 nitrogen and oxygen atoms in total. The highest BCUT2D eigenvalue weighted by Gasteiger charge is 2.20. The van der Waals surface area contributed by atoms with E-state index in [1.807, 2.05) is 5.38 Å². The van der Waals surface area contributed by atoms with Gasteiger partial charge in [-0.15, -0.1) is 11.3 Å². The summed E-state index contributed by atoms with van der Waals surface area (Å²) in [7, 11) is 0. The summed E-state index contributed by atoms with van der Waals surface area (Å²) in [6, 6.07) is 3.18. The van der Waals surface area contributed by atoms with E-state index in [9.17, 15) is 9.18 Å². The van der Waals surface area contributed by atoms with Crippen LogP contribution in [0.1, 0.15) is 24.8 Å². The number of halogens is 1. The third kappa shape index (κ3) is 3.14. The quantitative estimate of drug-likeness (QED) is 0.889. The van der Waals surface area contributed by atoms with E-state index in [0.717, 1.165) is 36.7 Å². The van der Waals surface area contributed by atoms with E-state index >= 15 is 0 Å². The average Bonchev–Trinajstić information content (AvgIpc) is 3.24. The summed E-state index contributed by atoms with van der Waals surface area (Å²) in [6.45, 7) is 1.55. The van der Waals surface area contributed by atoms with Crippen LogP contribution in [0.5, 0.6) is 0 Å². The minimum atomic E-state index is -0.369. The SMILES string of the molecule is O=C1CCc2cc(-c3csc(NC[C@H]4CCCO4)n3)c(F)cc2N1. The number of ether oxygens (including phenoxy) is 1. The van der Waals surface area contributed by atoms with Crippen molar-refractivity contribution in [1.29, 1.82) is 0 Å². The monoisotopic (exact) mass is 347 g/mol. The van der Waals surface area contributed by atoms with Gasteiger partial charge in [0.15, 0.2) is 5.13 Å².